The first-order chi connectivity index (χ1) is 12.8. The highest BCUT2D eigenvalue weighted by atomic mass is 32.2. The molecule has 0 amide bonds. The van der Waals surface area contributed by atoms with Gasteiger partial charge in [0, 0.05) is 25.3 Å². The predicted octanol–water partition coefficient (Wildman–Crippen LogP) is 3.79. The van der Waals surface area contributed by atoms with Gasteiger partial charge in [-0.05, 0) is 61.6 Å². The largest absolute Gasteiger partial charge is 0.497 e. The van der Waals surface area contributed by atoms with Crippen LogP contribution in [0.5, 0.6) is 11.5 Å². The van der Waals surface area contributed by atoms with Crippen LogP contribution in [0.2, 0.25) is 0 Å². The summed E-state index contributed by atoms with van der Waals surface area (Å²) in [4.78, 5) is 0.345. The molecule has 0 atom stereocenters. The second-order valence-corrected chi connectivity index (χ2v) is 8.91. The molecule has 0 saturated heterocycles. The normalized spacial score (nSPS) is 14.3. The van der Waals surface area contributed by atoms with Gasteiger partial charge in [-0.2, -0.15) is 0 Å². The summed E-state index contributed by atoms with van der Waals surface area (Å²) < 4.78 is 37.7. The van der Waals surface area contributed by atoms with Gasteiger partial charge >= 0.3 is 0 Å². The Morgan fingerprint density at radius 1 is 1.11 bits per heavy atom. The molecule has 0 aliphatic heterocycles. The molecule has 146 valence electrons. The van der Waals surface area contributed by atoms with Crippen LogP contribution in [0.4, 0.5) is 11.4 Å². The van der Waals surface area contributed by atoms with E-state index in [9.17, 15) is 8.42 Å². The highest BCUT2D eigenvalue weighted by molar-refractivity contribution is 7.89. The Morgan fingerprint density at radius 3 is 2.44 bits per heavy atom. The van der Waals surface area contributed by atoms with Crippen molar-refractivity contribution in [1.82, 2.24) is 4.31 Å². The molecular weight excluding hydrogens is 364 g/mol. The van der Waals surface area contributed by atoms with Crippen LogP contribution in [0.15, 0.2) is 41.3 Å². The minimum atomic E-state index is -3.47. The average Bonchev–Trinajstić information content (AvgIpc) is 3.45. The van der Waals surface area contributed by atoms with E-state index < -0.39 is 10.0 Å². The smallest absolute Gasteiger partial charge is 0.243 e. The number of benzene rings is 2. The Hall–Kier alpha value is -2.25. The maximum Gasteiger partial charge on any atom is 0.243 e. The van der Waals surface area contributed by atoms with Gasteiger partial charge in [0.1, 0.15) is 11.5 Å². The van der Waals surface area contributed by atoms with Gasteiger partial charge in [-0.15, -0.1) is 0 Å². The fourth-order valence-corrected chi connectivity index (χ4v) is 4.45. The SMILES string of the molecule is COc1ccc(Nc2ccc(S(=O)(=O)N(C)CC3CC3)c(C)c2)c(OC)c1. The van der Waals surface area contributed by atoms with Crippen molar-refractivity contribution in [2.45, 2.75) is 24.7 Å². The Morgan fingerprint density at radius 2 is 1.85 bits per heavy atom. The molecule has 1 fully saturated rings. The van der Waals surface area contributed by atoms with Crippen LogP contribution in [0.3, 0.4) is 0 Å². The van der Waals surface area contributed by atoms with Crippen molar-refractivity contribution >= 4 is 21.4 Å². The number of nitrogens with zero attached hydrogens (tertiary/aromatic N) is 1. The molecule has 2 aromatic rings. The zero-order chi connectivity index (χ0) is 19.6. The van der Waals surface area contributed by atoms with E-state index in [-0.39, 0.29) is 0 Å². The minimum Gasteiger partial charge on any atom is -0.497 e. The molecule has 0 spiro atoms. The number of hydrogen-bond acceptors (Lipinski definition) is 5. The van der Waals surface area contributed by atoms with Crippen molar-refractivity contribution in [3.63, 3.8) is 0 Å². The lowest BCUT2D eigenvalue weighted by atomic mass is 10.2. The first-order valence-electron chi connectivity index (χ1n) is 8.91. The molecule has 1 N–H and O–H groups in total. The first kappa shape index (κ1) is 19.5. The maximum absolute atomic E-state index is 12.8. The molecule has 6 nitrogen and oxygen atoms in total. The van der Waals surface area contributed by atoms with Crippen molar-refractivity contribution in [2.75, 3.05) is 33.1 Å². The predicted molar refractivity (Wildman–Crippen MR) is 107 cm³/mol. The van der Waals surface area contributed by atoms with Gasteiger partial charge < -0.3 is 14.8 Å². The molecule has 0 radical (unpaired) electrons. The Kier molecular flexibility index (Phi) is 5.62. The van der Waals surface area contributed by atoms with Gasteiger partial charge in [-0.3, -0.25) is 0 Å². The van der Waals surface area contributed by atoms with Crippen LogP contribution < -0.4 is 14.8 Å². The number of sulfonamides is 1. The van der Waals surface area contributed by atoms with Crippen molar-refractivity contribution in [3.8, 4) is 11.5 Å². The quantitative estimate of drug-likeness (QED) is 0.743. The summed E-state index contributed by atoms with van der Waals surface area (Å²) >= 11 is 0. The van der Waals surface area contributed by atoms with Gasteiger partial charge in [-0.1, -0.05) is 0 Å². The fraction of sp³-hybridized carbons (Fsp3) is 0.400. The van der Waals surface area contributed by atoms with E-state index in [4.69, 9.17) is 9.47 Å². The molecule has 1 aliphatic carbocycles. The van der Waals surface area contributed by atoms with Crippen LogP contribution in [-0.2, 0) is 10.0 Å². The lowest BCUT2D eigenvalue weighted by Gasteiger charge is -2.19. The summed E-state index contributed by atoms with van der Waals surface area (Å²) in [5, 5.41) is 3.28. The van der Waals surface area contributed by atoms with Crippen LogP contribution in [0.25, 0.3) is 0 Å². The highest BCUT2D eigenvalue weighted by Gasteiger charge is 2.29. The van der Waals surface area contributed by atoms with Gasteiger partial charge in [0.25, 0.3) is 0 Å². The van der Waals surface area contributed by atoms with E-state index in [1.54, 1.807) is 39.5 Å². The Bertz CT molecular complexity index is 924. The van der Waals surface area contributed by atoms with E-state index in [1.807, 2.05) is 25.1 Å². The molecular formula is C20H26N2O4S. The zero-order valence-electron chi connectivity index (χ0n) is 16.2. The molecule has 27 heavy (non-hydrogen) atoms. The number of ether oxygens (including phenoxy) is 2. The molecule has 0 heterocycles. The lowest BCUT2D eigenvalue weighted by molar-refractivity contribution is 0.395. The maximum atomic E-state index is 12.8. The number of methoxy groups -OCH3 is 2. The molecule has 7 heteroatoms. The van der Waals surface area contributed by atoms with E-state index in [0.29, 0.717) is 34.4 Å². The summed E-state index contributed by atoms with van der Waals surface area (Å²) in [5.41, 5.74) is 2.27. The van der Waals surface area contributed by atoms with Crippen LogP contribution >= 0.6 is 0 Å². The number of aryl methyl sites for hydroxylation is 1. The Balaban J connectivity index is 1.82. The third kappa shape index (κ3) is 4.36. The number of nitrogens with one attached hydrogen (secondary N) is 1. The van der Waals surface area contributed by atoms with Gasteiger partial charge in [0.05, 0.1) is 24.8 Å². The Labute approximate surface area is 161 Å². The summed E-state index contributed by atoms with van der Waals surface area (Å²) in [7, 11) is 1.38. The van der Waals surface area contributed by atoms with Crippen molar-refractivity contribution in [1.29, 1.82) is 0 Å². The fourth-order valence-electron chi connectivity index (χ4n) is 3.00. The minimum absolute atomic E-state index is 0.345. The van der Waals surface area contributed by atoms with Gasteiger partial charge in [-0.25, -0.2) is 12.7 Å². The standard InChI is InChI=1S/C20H26N2O4S/c1-14-11-16(21-18-9-8-17(25-3)12-19(18)26-4)7-10-20(14)27(23,24)22(2)13-15-5-6-15/h7-12,15,21H,5-6,13H2,1-4H3. The number of hydrogen-bond donors (Lipinski definition) is 1. The molecule has 2 aromatic carbocycles. The van der Waals surface area contributed by atoms with Gasteiger partial charge in [0.2, 0.25) is 10.0 Å². The van der Waals surface area contributed by atoms with Gasteiger partial charge in [0.15, 0.2) is 0 Å². The monoisotopic (exact) mass is 390 g/mol. The van der Waals surface area contributed by atoms with Crippen LogP contribution in [0.1, 0.15) is 18.4 Å². The summed E-state index contributed by atoms with van der Waals surface area (Å²) in [6, 6.07) is 10.8. The lowest BCUT2D eigenvalue weighted by Crippen LogP contribution is -2.29. The van der Waals surface area contributed by atoms with Crippen LogP contribution in [0, 0.1) is 12.8 Å². The van der Waals surface area contributed by atoms with Crippen LogP contribution in [-0.4, -0.2) is 40.5 Å². The third-order valence-corrected chi connectivity index (χ3v) is 6.75. The molecule has 0 aromatic heterocycles. The van der Waals surface area contributed by atoms with E-state index in [1.165, 1.54) is 4.31 Å². The summed E-state index contributed by atoms with van der Waals surface area (Å²) in [5.74, 6) is 1.86. The van der Waals surface area contributed by atoms with Crippen molar-refractivity contribution in [2.24, 2.45) is 5.92 Å². The van der Waals surface area contributed by atoms with E-state index in [2.05, 4.69) is 5.32 Å². The molecule has 0 unspecified atom stereocenters. The third-order valence-electron chi connectivity index (χ3n) is 4.76. The molecule has 1 aliphatic rings. The summed E-state index contributed by atoms with van der Waals surface area (Å²) in [6.07, 6.45) is 2.23. The molecule has 3 rings (SSSR count). The second-order valence-electron chi connectivity index (χ2n) is 6.90. The highest BCUT2D eigenvalue weighted by Crippen LogP contribution is 2.34. The first-order valence-corrected chi connectivity index (χ1v) is 10.3. The topological polar surface area (TPSA) is 67.9 Å². The van der Waals surface area contributed by atoms with Crippen molar-refractivity contribution in [3.05, 3.63) is 42.0 Å². The van der Waals surface area contributed by atoms with Crippen molar-refractivity contribution < 1.29 is 17.9 Å². The molecule has 1 saturated carbocycles. The molecule has 0 bridgehead atoms. The summed E-state index contributed by atoms with van der Waals surface area (Å²) in [6.45, 7) is 2.40. The van der Waals surface area contributed by atoms with E-state index in [0.717, 1.165) is 24.2 Å². The second kappa shape index (κ2) is 7.78. The number of anilines is 2. The average molecular weight is 391 g/mol. The van der Waals surface area contributed by atoms with E-state index >= 15 is 0 Å². The number of rotatable bonds is 8. The zero-order valence-corrected chi connectivity index (χ0v) is 17.0.